The summed E-state index contributed by atoms with van der Waals surface area (Å²) < 4.78 is 8.86. The minimum absolute atomic E-state index is 0.270. The van der Waals surface area contributed by atoms with Crippen LogP contribution in [-0.4, -0.2) is 14.5 Å². The van der Waals surface area contributed by atoms with E-state index in [9.17, 15) is 0 Å². The molecule has 2 heterocycles. The lowest BCUT2D eigenvalue weighted by Gasteiger charge is -2.24. The van der Waals surface area contributed by atoms with Gasteiger partial charge in [0.25, 0.3) is 0 Å². The number of nitrogens with zero attached hydrogens (tertiary/aromatic N) is 3. The lowest BCUT2D eigenvalue weighted by Crippen LogP contribution is -2.09. The van der Waals surface area contributed by atoms with Crippen LogP contribution in [0, 0.1) is 0 Å². The van der Waals surface area contributed by atoms with Crippen LogP contribution in [0.5, 0.6) is 11.5 Å². The number of imidazole rings is 1. The largest absolute Gasteiger partial charge is 0.457 e. The molecule has 8 rings (SSSR count). The van der Waals surface area contributed by atoms with Crippen molar-refractivity contribution in [1.29, 1.82) is 0 Å². The van der Waals surface area contributed by atoms with E-state index in [-0.39, 0.29) is 11.8 Å². The normalized spacial score (nSPS) is 11.4. The van der Waals surface area contributed by atoms with Crippen molar-refractivity contribution in [3.05, 3.63) is 175 Å². The Morgan fingerprint density at radius 1 is 0.481 bits per heavy atom. The highest BCUT2D eigenvalue weighted by Crippen LogP contribution is 2.41. The van der Waals surface area contributed by atoms with Gasteiger partial charge in [0.2, 0.25) is 0 Å². The summed E-state index contributed by atoms with van der Waals surface area (Å²) in [5.41, 5.74) is 13.6. The van der Waals surface area contributed by atoms with Crippen LogP contribution in [0.2, 0.25) is 0 Å². The number of ether oxygens (including phenoxy) is 1. The molecule has 0 fully saturated rings. The first kappa shape index (κ1) is 32.9. The summed E-state index contributed by atoms with van der Waals surface area (Å²) in [7, 11) is 0. The number of rotatable bonds is 9. The molecule has 2 aromatic heterocycles. The van der Waals surface area contributed by atoms with Crippen LogP contribution in [0.3, 0.4) is 0 Å². The summed E-state index contributed by atoms with van der Waals surface area (Å²) >= 11 is 0. The van der Waals surface area contributed by atoms with Crippen LogP contribution in [0.1, 0.15) is 50.7 Å². The molecule has 0 aliphatic heterocycles. The van der Waals surface area contributed by atoms with E-state index >= 15 is 0 Å². The monoisotopic (exact) mass is 675 g/mol. The molecule has 0 spiro atoms. The van der Waals surface area contributed by atoms with Crippen molar-refractivity contribution >= 4 is 11.0 Å². The second-order valence-corrected chi connectivity index (χ2v) is 13.9. The van der Waals surface area contributed by atoms with E-state index in [4.69, 9.17) is 9.72 Å². The Morgan fingerprint density at radius 2 is 1.04 bits per heavy atom. The van der Waals surface area contributed by atoms with Crippen LogP contribution < -0.4 is 4.74 Å². The zero-order chi connectivity index (χ0) is 35.6. The van der Waals surface area contributed by atoms with Crippen LogP contribution in [0.25, 0.3) is 61.6 Å². The van der Waals surface area contributed by atoms with Crippen molar-refractivity contribution in [3.63, 3.8) is 0 Å². The smallest absolute Gasteiger partial charge is 0.145 e. The fourth-order valence-electron chi connectivity index (χ4n) is 7.00. The Morgan fingerprint density at radius 3 is 1.69 bits per heavy atom. The molecule has 0 amide bonds. The zero-order valence-electron chi connectivity index (χ0n) is 30.0. The SMILES string of the molecule is CC(C)c1cc(-c2ccc(-c3ccccc3)cc2)cc(C(C)C)c1-n1c(-c2cccc(Oc3cccc(-c4ccccn4)c3)c2)nc2ccccc21. The van der Waals surface area contributed by atoms with Gasteiger partial charge in [-0.3, -0.25) is 9.55 Å². The first-order valence-corrected chi connectivity index (χ1v) is 18.0. The second-order valence-electron chi connectivity index (χ2n) is 13.9. The molecule has 4 heteroatoms. The van der Waals surface area contributed by atoms with Crippen molar-refractivity contribution in [2.45, 2.75) is 39.5 Å². The number of hydrogen-bond acceptors (Lipinski definition) is 3. The second kappa shape index (κ2) is 14.2. The van der Waals surface area contributed by atoms with Crippen LogP contribution in [-0.2, 0) is 0 Å². The molecule has 254 valence electrons. The van der Waals surface area contributed by atoms with E-state index in [1.54, 1.807) is 0 Å². The molecule has 0 N–H and O–H groups in total. The van der Waals surface area contributed by atoms with E-state index in [2.05, 4.69) is 146 Å². The van der Waals surface area contributed by atoms with E-state index < -0.39 is 0 Å². The highest BCUT2D eigenvalue weighted by molar-refractivity contribution is 5.85. The summed E-state index contributed by atoms with van der Waals surface area (Å²) in [5, 5.41) is 0. The number of benzene rings is 6. The predicted molar refractivity (Wildman–Crippen MR) is 215 cm³/mol. The molecule has 0 bridgehead atoms. The molecule has 0 aliphatic carbocycles. The highest BCUT2D eigenvalue weighted by Gasteiger charge is 2.24. The molecule has 0 saturated heterocycles. The third kappa shape index (κ3) is 6.52. The van der Waals surface area contributed by atoms with Crippen molar-refractivity contribution in [2.75, 3.05) is 0 Å². The Balaban J connectivity index is 1.24. The molecule has 0 unspecified atom stereocenters. The lowest BCUT2D eigenvalue weighted by molar-refractivity contribution is 0.483. The van der Waals surface area contributed by atoms with Gasteiger partial charge in [-0.25, -0.2) is 4.98 Å². The molecule has 0 atom stereocenters. The Labute approximate surface area is 306 Å². The van der Waals surface area contributed by atoms with Gasteiger partial charge in [0.05, 0.1) is 22.4 Å². The third-order valence-corrected chi connectivity index (χ3v) is 9.65. The molecule has 4 nitrogen and oxygen atoms in total. The van der Waals surface area contributed by atoms with Gasteiger partial charge in [-0.2, -0.15) is 0 Å². The number of fused-ring (bicyclic) bond motifs is 1. The maximum Gasteiger partial charge on any atom is 0.145 e. The molecule has 0 saturated carbocycles. The minimum Gasteiger partial charge on any atom is -0.457 e. The van der Waals surface area contributed by atoms with E-state index in [1.807, 2.05) is 54.7 Å². The van der Waals surface area contributed by atoms with Crippen molar-refractivity contribution in [2.24, 2.45) is 0 Å². The van der Waals surface area contributed by atoms with Crippen molar-refractivity contribution in [3.8, 4) is 62.1 Å². The quantitative estimate of drug-likeness (QED) is 0.153. The van der Waals surface area contributed by atoms with E-state index in [0.717, 1.165) is 45.2 Å². The van der Waals surface area contributed by atoms with Gasteiger partial charge < -0.3 is 4.74 Å². The molecule has 8 aromatic rings. The van der Waals surface area contributed by atoms with Gasteiger partial charge in [-0.1, -0.05) is 125 Å². The fraction of sp³-hybridized carbons (Fsp3) is 0.125. The Bertz CT molecular complexity index is 2450. The van der Waals surface area contributed by atoms with Crippen LogP contribution in [0.4, 0.5) is 0 Å². The summed E-state index contributed by atoms with van der Waals surface area (Å²) in [6.07, 6.45) is 1.81. The maximum absolute atomic E-state index is 6.48. The van der Waals surface area contributed by atoms with Gasteiger partial charge in [0.15, 0.2) is 0 Å². The number of aromatic nitrogens is 3. The Kier molecular flexibility index (Phi) is 8.97. The number of para-hydroxylation sites is 2. The summed E-state index contributed by atoms with van der Waals surface area (Å²) in [6, 6.07) is 55.0. The average molecular weight is 676 g/mol. The average Bonchev–Trinajstić information content (AvgIpc) is 3.58. The molecular weight excluding hydrogens is 635 g/mol. The molecule has 52 heavy (non-hydrogen) atoms. The van der Waals surface area contributed by atoms with Crippen LogP contribution >= 0.6 is 0 Å². The maximum atomic E-state index is 6.48. The predicted octanol–water partition coefficient (Wildman–Crippen LogP) is 13.1. The molecule has 0 aliphatic rings. The summed E-state index contributed by atoms with van der Waals surface area (Å²) in [5.74, 6) is 2.93. The molecule has 0 radical (unpaired) electrons. The van der Waals surface area contributed by atoms with Crippen molar-refractivity contribution in [1.82, 2.24) is 14.5 Å². The summed E-state index contributed by atoms with van der Waals surface area (Å²) in [4.78, 5) is 9.80. The zero-order valence-corrected chi connectivity index (χ0v) is 30.0. The number of hydrogen-bond donors (Lipinski definition) is 0. The first-order valence-electron chi connectivity index (χ1n) is 18.0. The Hall–Kier alpha value is -6.26. The lowest BCUT2D eigenvalue weighted by atomic mass is 9.87. The van der Waals surface area contributed by atoms with Gasteiger partial charge in [0.1, 0.15) is 17.3 Å². The first-order chi connectivity index (χ1) is 25.4. The van der Waals surface area contributed by atoms with Gasteiger partial charge in [0, 0.05) is 17.3 Å². The third-order valence-electron chi connectivity index (χ3n) is 9.65. The van der Waals surface area contributed by atoms with Gasteiger partial charge in [-0.15, -0.1) is 0 Å². The fourth-order valence-corrected chi connectivity index (χ4v) is 7.00. The standard InChI is InChI=1S/C48H41N3O/c1-32(2)42-30-39(36-25-23-35(24-26-36)34-14-6-5-7-15-34)31-43(33(3)4)47(42)51-46-22-9-8-21-45(46)50-48(51)38-17-13-19-41(29-38)52-40-18-12-16-37(28-40)44-20-10-11-27-49-44/h5-33H,1-4H3. The van der Waals surface area contributed by atoms with E-state index in [0.29, 0.717) is 0 Å². The highest BCUT2D eigenvalue weighted by atomic mass is 16.5. The molecule has 6 aromatic carbocycles. The molecular formula is C48H41N3O. The van der Waals surface area contributed by atoms with E-state index in [1.165, 1.54) is 39.1 Å². The summed E-state index contributed by atoms with van der Waals surface area (Å²) in [6.45, 7) is 9.16. The topological polar surface area (TPSA) is 39.9 Å². The van der Waals surface area contributed by atoms with Gasteiger partial charge >= 0.3 is 0 Å². The van der Waals surface area contributed by atoms with Crippen LogP contribution in [0.15, 0.2) is 164 Å². The number of pyridine rings is 1. The van der Waals surface area contributed by atoms with Crippen molar-refractivity contribution < 1.29 is 4.74 Å². The van der Waals surface area contributed by atoms with Gasteiger partial charge in [-0.05, 0) is 106 Å². The minimum atomic E-state index is 0.270.